The Bertz CT molecular complexity index is 747. The van der Waals surface area contributed by atoms with Gasteiger partial charge in [0, 0.05) is 31.7 Å². The zero-order chi connectivity index (χ0) is 15.2. The van der Waals surface area contributed by atoms with Gasteiger partial charge in [-0.05, 0) is 18.3 Å². The van der Waals surface area contributed by atoms with Crippen LogP contribution in [0.2, 0.25) is 0 Å². The molecule has 1 aliphatic rings. The minimum absolute atomic E-state index is 0.255. The molecule has 0 aliphatic carbocycles. The lowest BCUT2D eigenvalue weighted by Crippen LogP contribution is -2.30. The fourth-order valence-electron chi connectivity index (χ4n) is 2.81. The molecule has 0 aromatic carbocycles. The predicted octanol–water partition coefficient (Wildman–Crippen LogP) is 2.10. The van der Waals surface area contributed by atoms with E-state index in [1.165, 1.54) is 11.3 Å². The second-order valence-electron chi connectivity index (χ2n) is 5.73. The van der Waals surface area contributed by atoms with Gasteiger partial charge in [-0.3, -0.25) is 4.40 Å². The number of hydrogen-bond donors (Lipinski definition) is 1. The van der Waals surface area contributed by atoms with Crippen LogP contribution in [0, 0.1) is 11.8 Å². The van der Waals surface area contributed by atoms with Crippen molar-refractivity contribution in [3.8, 4) is 0 Å². The van der Waals surface area contributed by atoms with E-state index in [1.807, 2.05) is 5.38 Å². The molecule has 0 radical (unpaired) electrons. The number of imidazole rings is 1. The standard InChI is InChI=1S/C13H20N4O2S2/c1-9(2)10-4-5-16(8-10)21(18,19)12-11(14-3)15-13-17(12)6-7-20-13/h6-7,9-10,14H,4-5,8H2,1-3H3. The summed E-state index contributed by atoms with van der Waals surface area (Å²) in [7, 11) is -1.82. The zero-order valence-electron chi connectivity index (χ0n) is 12.4. The second-order valence-corrected chi connectivity index (χ2v) is 8.45. The van der Waals surface area contributed by atoms with Crippen molar-refractivity contribution in [2.24, 2.45) is 11.8 Å². The number of nitrogens with one attached hydrogen (secondary N) is 1. The van der Waals surface area contributed by atoms with Crippen LogP contribution in [0.5, 0.6) is 0 Å². The quantitative estimate of drug-likeness (QED) is 0.933. The summed E-state index contributed by atoms with van der Waals surface area (Å²) >= 11 is 1.43. The summed E-state index contributed by atoms with van der Waals surface area (Å²) in [4.78, 5) is 5.04. The highest BCUT2D eigenvalue weighted by molar-refractivity contribution is 7.89. The second kappa shape index (κ2) is 5.26. The van der Waals surface area contributed by atoms with Gasteiger partial charge in [0.05, 0.1) is 0 Å². The number of sulfonamides is 1. The summed E-state index contributed by atoms with van der Waals surface area (Å²) in [6.45, 7) is 5.48. The molecule has 0 bridgehead atoms. The number of nitrogens with zero attached hydrogens (tertiary/aromatic N) is 3. The molecule has 1 unspecified atom stereocenters. The first kappa shape index (κ1) is 14.8. The van der Waals surface area contributed by atoms with Gasteiger partial charge in [0.2, 0.25) is 0 Å². The van der Waals surface area contributed by atoms with Gasteiger partial charge in [-0.25, -0.2) is 13.4 Å². The third-order valence-electron chi connectivity index (χ3n) is 4.17. The number of aromatic nitrogens is 2. The molecule has 1 saturated heterocycles. The average molecular weight is 328 g/mol. The van der Waals surface area contributed by atoms with Crippen molar-refractivity contribution >= 4 is 32.1 Å². The Hall–Kier alpha value is -1.12. The van der Waals surface area contributed by atoms with Gasteiger partial charge in [-0.2, -0.15) is 4.31 Å². The van der Waals surface area contributed by atoms with Crippen molar-refractivity contribution in [2.45, 2.75) is 25.3 Å². The Morgan fingerprint density at radius 2 is 2.24 bits per heavy atom. The maximum absolute atomic E-state index is 13.0. The number of rotatable bonds is 4. The van der Waals surface area contributed by atoms with Gasteiger partial charge in [-0.1, -0.05) is 13.8 Å². The van der Waals surface area contributed by atoms with E-state index in [2.05, 4.69) is 24.1 Å². The minimum atomic E-state index is -3.52. The summed E-state index contributed by atoms with van der Waals surface area (Å²) in [5.74, 6) is 1.36. The Balaban J connectivity index is 2.03. The minimum Gasteiger partial charge on any atom is -0.371 e. The van der Waals surface area contributed by atoms with Gasteiger partial charge >= 0.3 is 0 Å². The predicted molar refractivity (Wildman–Crippen MR) is 84.3 cm³/mol. The Kier molecular flexibility index (Phi) is 3.71. The third kappa shape index (κ3) is 2.35. The molecule has 3 heterocycles. The van der Waals surface area contributed by atoms with Crippen molar-refractivity contribution in [2.75, 3.05) is 25.5 Å². The van der Waals surface area contributed by atoms with Crippen molar-refractivity contribution in [3.63, 3.8) is 0 Å². The van der Waals surface area contributed by atoms with Gasteiger partial charge < -0.3 is 5.32 Å². The summed E-state index contributed by atoms with van der Waals surface area (Å²) in [5, 5.41) is 5.01. The molecule has 2 aromatic heterocycles. The molecule has 8 heteroatoms. The normalized spacial score (nSPS) is 20.7. The van der Waals surface area contributed by atoms with Crippen molar-refractivity contribution < 1.29 is 8.42 Å². The van der Waals surface area contributed by atoms with E-state index >= 15 is 0 Å². The lowest BCUT2D eigenvalue weighted by Gasteiger charge is -2.18. The lowest BCUT2D eigenvalue weighted by atomic mass is 9.96. The van der Waals surface area contributed by atoms with E-state index < -0.39 is 10.0 Å². The molecule has 1 aliphatic heterocycles. The summed E-state index contributed by atoms with van der Waals surface area (Å²) in [6, 6.07) is 0. The highest BCUT2D eigenvalue weighted by atomic mass is 32.2. The van der Waals surface area contributed by atoms with Gasteiger partial charge in [-0.15, -0.1) is 11.3 Å². The summed E-state index contributed by atoms with van der Waals surface area (Å²) in [5.41, 5.74) is 0. The SMILES string of the molecule is CNc1nc2sccn2c1S(=O)(=O)N1CCC(C(C)C)C1. The maximum atomic E-state index is 13.0. The van der Waals surface area contributed by atoms with E-state index in [1.54, 1.807) is 22.0 Å². The molecule has 3 rings (SSSR count). The van der Waals surface area contributed by atoms with E-state index in [-0.39, 0.29) is 5.03 Å². The van der Waals surface area contributed by atoms with Crippen LogP contribution >= 0.6 is 11.3 Å². The lowest BCUT2D eigenvalue weighted by molar-refractivity contribution is 0.388. The Morgan fingerprint density at radius 1 is 1.48 bits per heavy atom. The van der Waals surface area contributed by atoms with Crippen LogP contribution in [-0.4, -0.2) is 42.2 Å². The highest BCUT2D eigenvalue weighted by Gasteiger charge is 2.37. The Labute approximate surface area is 128 Å². The van der Waals surface area contributed by atoms with Crippen LogP contribution in [0.25, 0.3) is 4.96 Å². The van der Waals surface area contributed by atoms with Crippen LogP contribution in [0.4, 0.5) is 5.82 Å². The van der Waals surface area contributed by atoms with Crippen LogP contribution < -0.4 is 5.32 Å². The first-order chi connectivity index (χ1) is 9.95. The molecule has 2 aromatic rings. The van der Waals surface area contributed by atoms with Gasteiger partial charge in [0.15, 0.2) is 15.8 Å². The summed E-state index contributed by atoms with van der Waals surface area (Å²) in [6.07, 6.45) is 2.69. The molecule has 116 valence electrons. The third-order valence-corrected chi connectivity index (χ3v) is 6.82. The topological polar surface area (TPSA) is 66.7 Å². The molecule has 6 nitrogen and oxygen atoms in total. The largest absolute Gasteiger partial charge is 0.371 e. The van der Waals surface area contributed by atoms with E-state index in [9.17, 15) is 8.42 Å². The zero-order valence-corrected chi connectivity index (χ0v) is 14.0. The van der Waals surface area contributed by atoms with E-state index in [0.717, 1.165) is 6.42 Å². The molecular weight excluding hydrogens is 308 g/mol. The smallest absolute Gasteiger partial charge is 0.262 e. The van der Waals surface area contributed by atoms with Crippen LogP contribution in [0.1, 0.15) is 20.3 Å². The molecule has 0 saturated carbocycles. The molecule has 0 amide bonds. The molecule has 21 heavy (non-hydrogen) atoms. The van der Waals surface area contributed by atoms with Crippen LogP contribution in [-0.2, 0) is 10.0 Å². The first-order valence-electron chi connectivity index (χ1n) is 7.08. The molecular formula is C13H20N4O2S2. The maximum Gasteiger partial charge on any atom is 0.262 e. The van der Waals surface area contributed by atoms with Crippen LogP contribution in [0.3, 0.4) is 0 Å². The molecule has 0 spiro atoms. The fourth-order valence-corrected chi connectivity index (χ4v) is 5.35. The summed E-state index contributed by atoms with van der Waals surface area (Å²) < 4.78 is 29.2. The van der Waals surface area contributed by atoms with Crippen LogP contribution in [0.15, 0.2) is 16.6 Å². The average Bonchev–Trinajstić information content (AvgIpc) is 3.12. The number of thiazole rings is 1. The molecule has 1 atom stereocenters. The van der Waals surface area contributed by atoms with Gasteiger partial charge in [0.25, 0.3) is 10.0 Å². The fraction of sp³-hybridized carbons (Fsp3) is 0.615. The van der Waals surface area contributed by atoms with Crippen molar-refractivity contribution in [1.82, 2.24) is 13.7 Å². The number of fused-ring (bicyclic) bond motifs is 1. The molecule has 1 fully saturated rings. The highest BCUT2D eigenvalue weighted by Crippen LogP contribution is 2.32. The van der Waals surface area contributed by atoms with E-state index in [4.69, 9.17) is 0 Å². The van der Waals surface area contributed by atoms with Crippen molar-refractivity contribution in [1.29, 1.82) is 0 Å². The van der Waals surface area contributed by atoms with Crippen molar-refractivity contribution in [3.05, 3.63) is 11.6 Å². The molecule has 1 N–H and O–H groups in total. The van der Waals surface area contributed by atoms with Gasteiger partial charge in [0.1, 0.15) is 0 Å². The Morgan fingerprint density at radius 3 is 2.86 bits per heavy atom. The number of anilines is 1. The monoisotopic (exact) mass is 328 g/mol. The number of hydrogen-bond acceptors (Lipinski definition) is 5. The first-order valence-corrected chi connectivity index (χ1v) is 9.40. The van der Waals surface area contributed by atoms with E-state index in [0.29, 0.717) is 35.7 Å².